The lowest BCUT2D eigenvalue weighted by molar-refractivity contribution is 0.0951. The molecule has 1 fully saturated rings. The number of anilines is 1. The van der Waals surface area contributed by atoms with Crippen LogP contribution in [0.25, 0.3) is 0 Å². The predicted octanol–water partition coefficient (Wildman–Crippen LogP) is 5.26. The third-order valence-electron chi connectivity index (χ3n) is 5.78. The number of carbonyl (C=O) groups is 1. The maximum atomic E-state index is 12.8. The fraction of sp³-hybridized carbons (Fsp3) is 0.435. The Hall–Kier alpha value is -2.05. The van der Waals surface area contributed by atoms with Gasteiger partial charge in [0.25, 0.3) is 15.9 Å². The molecule has 5 nitrogen and oxygen atoms in total. The molecule has 0 unspecified atom stereocenters. The highest BCUT2D eigenvalue weighted by Gasteiger charge is 2.22. The molecule has 0 heterocycles. The first-order chi connectivity index (χ1) is 14.4. The maximum absolute atomic E-state index is 12.8. The molecule has 0 aliphatic heterocycles. The standard InChI is InChI=1S/C23H29ClN2O3S/c1-26(30(28,29)20-11-7-4-8-12-20)19-13-14-21(22(24)17-19)23(27)25-16-15-18-9-5-2-3-6-10-18/h4,7-8,11-14,17-18H,2-3,5-6,9-10,15-16H2,1H3,(H,25,27). The predicted molar refractivity (Wildman–Crippen MR) is 122 cm³/mol. The van der Waals surface area contributed by atoms with Gasteiger partial charge in [-0.3, -0.25) is 9.10 Å². The average molecular weight is 449 g/mol. The molecule has 7 heteroatoms. The van der Waals surface area contributed by atoms with Crippen molar-refractivity contribution in [3.63, 3.8) is 0 Å². The summed E-state index contributed by atoms with van der Waals surface area (Å²) in [5.74, 6) is 0.455. The molecule has 30 heavy (non-hydrogen) atoms. The van der Waals surface area contributed by atoms with Crippen LogP contribution in [0.2, 0.25) is 5.02 Å². The summed E-state index contributed by atoms with van der Waals surface area (Å²) in [7, 11) is -2.22. The molecule has 2 aromatic rings. The highest BCUT2D eigenvalue weighted by molar-refractivity contribution is 7.92. The van der Waals surface area contributed by atoms with Crippen molar-refractivity contribution in [2.75, 3.05) is 17.9 Å². The number of hydrogen-bond donors (Lipinski definition) is 1. The zero-order valence-corrected chi connectivity index (χ0v) is 18.9. The summed E-state index contributed by atoms with van der Waals surface area (Å²) in [6, 6.07) is 12.9. The van der Waals surface area contributed by atoms with Crippen molar-refractivity contribution >= 4 is 33.2 Å². The van der Waals surface area contributed by atoms with Crippen molar-refractivity contribution in [3.8, 4) is 0 Å². The van der Waals surface area contributed by atoms with E-state index in [0.29, 0.717) is 23.7 Å². The number of hydrogen-bond acceptors (Lipinski definition) is 3. The van der Waals surface area contributed by atoms with Crippen molar-refractivity contribution in [1.82, 2.24) is 5.32 Å². The van der Waals surface area contributed by atoms with Gasteiger partial charge < -0.3 is 5.32 Å². The molecule has 3 rings (SSSR count). The molecule has 0 saturated heterocycles. The van der Waals surface area contributed by atoms with Crippen molar-refractivity contribution in [3.05, 3.63) is 59.1 Å². The van der Waals surface area contributed by atoms with E-state index in [2.05, 4.69) is 5.32 Å². The van der Waals surface area contributed by atoms with E-state index >= 15 is 0 Å². The number of carbonyl (C=O) groups excluding carboxylic acids is 1. The number of halogens is 1. The lowest BCUT2D eigenvalue weighted by Crippen LogP contribution is -2.28. The van der Waals surface area contributed by atoms with Crippen LogP contribution in [-0.2, 0) is 10.0 Å². The second-order valence-corrected chi connectivity index (χ2v) is 10.2. The lowest BCUT2D eigenvalue weighted by Gasteiger charge is -2.20. The summed E-state index contributed by atoms with van der Waals surface area (Å²) in [6.45, 7) is 0.629. The Morgan fingerprint density at radius 2 is 1.73 bits per heavy atom. The summed E-state index contributed by atoms with van der Waals surface area (Å²) in [5, 5.41) is 3.19. The van der Waals surface area contributed by atoms with Gasteiger partial charge in [0.1, 0.15) is 0 Å². The Morgan fingerprint density at radius 1 is 1.07 bits per heavy atom. The Balaban J connectivity index is 1.63. The molecule has 0 radical (unpaired) electrons. The molecule has 1 saturated carbocycles. The van der Waals surface area contributed by atoms with E-state index in [9.17, 15) is 13.2 Å². The van der Waals surface area contributed by atoms with E-state index in [-0.39, 0.29) is 15.8 Å². The van der Waals surface area contributed by atoms with Crippen LogP contribution >= 0.6 is 11.6 Å². The van der Waals surface area contributed by atoms with E-state index in [1.54, 1.807) is 42.5 Å². The van der Waals surface area contributed by atoms with E-state index in [4.69, 9.17) is 11.6 Å². The molecule has 2 aromatic carbocycles. The summed E-state index contributed by atoms with van der Waals surface area (Å²) >= 11 is 6.33. The zero-order chi connectivity index (χ0) is 21.6. The molecule has 0 bridgehead atoms. The molecule has 1 N–H and O–H groups in total. The van der Waals surface area contributed by atoms with Gasteiger partial charge in [-0.1, -0.05) is 68.3 Å². The van der Waals surface area contributed by atoms with Crippen LogP contribution in [0, 0.1) is 5.92 Å². The quantitative estimate of drug-likeness (QED) is 0.588. The molecule has 1 amide bonds. The fourth-order valence-electron chi connectivity index (χ4n) is 3.91. The summed E-state index contributed by atoms with van der Waals surface area (Å²) in [5.41, 5.74) is 0.755. The zero-order valence-electron chi connectivity index (χ0n) is 17.3. The van der Waals surface area contributed by atoms with Crippen LogP contribution in [0.5, 0.6) is 0 Å². The number of amides is 1. The number of benzene rings is 2. The van der Waals surface area contributed by atoms with E-state index in [1.807, 2.05) is 0 Å². The van der Waals surface area contributed by atoms with Gasteiger partial charge in [-0.25, -0.2) is 8.42 Å². The topological polar surface area (TPSA) is 66.5 Å². The van der Waals surface area contributed by atoms with Crippen molar-refractivity contribution in [2.24, 2.45) is 5.92 Å². The number of nitrogens with one attached hydrogen (secondary N) is 1. The van der Waals surface area contributed by atoms with Crippen LogP contribution in [0.15, 0.2) is 53.4 Å². The Labute approximate surface area is 184 Å². The Kier molecular flexibility index (Phi) is 7.78. The lowest BCUT2D eigenvalue weighted by atomic mass is 9.97. The van der Waals surface area contributed by atoms with Crippen LogP contribution in [-0.4, -0.2) is 27.9 Å². The first kappa shape index (κ1) is 22.6. The minimum atomic E-state index is -3.70. The molecule has 1 aliphatic rings. The smallest absolute Gasteiger partial charge is 0.264 e. The van der Waals surface area contributed by atoms with Gasteiger partial charge in [0, 0.05) is 13.6 Å². The van der Waals surface area contributed by atoms with E-state index in [0.717, 1.165) is 6.42 Å². The Bertz CT molecular complexity index is 956. The van der Waals surface area contributed by atoms with Gasteiger partial charge in [0.2, 0.25) is 0 Å². The van der Waals surface area contributed by atoms with Crippen LogP contribution in [0.3, 0.4) is 0 Å². The largest absolute Gasteiger partial charge is 0.352 e. The van der Waals surface area contributed by atoms with Crippen molar-refractivity contribution < 1.29 is 13.2 Å². The molecular formula is C23H29ClN2O3S. The third-order valence-corrected chi connectivity index (χ3v) is 7.89. The molecule has 162 valence electrons. The maximum Gasteiger partial charge on any atom is 0.264 e. The van der Waals surface area contributed by atoms with Gasteiger partial charge in [-0.05, 0) is 42.7 Å². The molecule has 1 aliphatic carbocycles. The van der Waals surface area contributed by atoms with Gasteiger partial charge in [0.15, 0.2) is 0 Å². The second kappa shape index (κ2) is 10.3. The second-order valence-electron chi connectivity index (χ2n) is 7.85. The normalized spacial score (nSPS) is 15.4. The monoisotopic (exact) mass is 448 g/mol. The van der Waals surface area contributed by atoms with Gasteiger partial charge >= 0.3 is 0 Å². The average Bonchev–Trinajstić information content (AvgIpc) is 3.02. The molecular weight excluding hydrogens is 420 g/mol. The van der Waals surface area contributed by atoms with Gasteiger partial charge in [-0.15, -0.1) is 0 Å². The molecule has 0 atom stereocenters. The number of nitrogens with zero attached hydrogens (tertiary/aromatic N) is 1. The molecule has 0 spiro atoms. The summed E-state index contributed by atoms with van der Waals surface area (Å²) < 4.78 is 26.7. The van der Waals surface area contributed by atoms with E-state index < -0.39 is 10.0 Å². The molecule has 0 aromatic heterocycles. The van der Waals surface area contributed by atoms with Crippen molar-refractivity contribution in [2.45, 2.75) is 49.8 Å². The minimum Gasteiger partial charge on any atom is -0.352 e. The third kappa shape index (κ3) is 5.55. The minimum absolute atomic E-state index is 0.198. The van der Waals surface area contributed by atoms with Crippen LogP contribution < -0.4 is 9.62 Å². The fourth-order valence-corrected chi connectivity index (χ4v) is 5.38. The van der Waals surface area contributed by atoms with Gasteiger partial charge in [0.05, 0.1) is 21.2 Å². The summed E-state index contributed by atoms with van der Waals surface area (Å²) in [4.78, 5) is 12.7. The highest BCUT2D eigenvalue weighted by Crippen LogP contribution is 2.28. The Morgan fingerprint density at radius 3 is 2.37 bits per heavy atom. The number of rotatable bonds is 7. The van der Waals surface area contributed by atoms with Gasteiger partial charge in [-0.2, -0.15) is 0 Å². The SMILES string of the molecule is CN(c1ccc(C(=O)NCCC2CCCCCC2)c(Cl)c1)S(=O)(=O)c1ccccc1. The highest BCUT2D eigenvalue weighted by atomic mass is 35.5. The van der Waals surface area contributed by atoms with Crippen molar-refractivity contribution in [1.29, 1.82) is 0 Å². The van der Waals surface area contributed by atoms with Crippen LogP contribution in [0.1, 0.15) is 55.3 Å². The number of sulfonamides is 1. The summed E-state index contributed by atoms with van der Waals surface area (Å²) in [6.07, 6.45) is 8.68. The first-order valence-corrected chi connectivity index (χ1v) is 12.3. The first-order valence-electron chi connectivity index (χ1n) is 10.5. The van der Waals surface area contributed by atoms with Crippen LogP contribution in [0.4, 0.5) is 5.69 Å². The van der Waals surface area contributed by atoms with E-state index in [1.165, 1.54) is 55.9 Å².